The van der Waals surface area contributed by atoms with Gasteiger partial charge in [-0.05, 0) is 47.1 Å². The first-order valence-corrected chi connectivity index (χ1v) is 9.44. The molecule has 1 aromatic heterocycles. The number of benzene rings is 1. The standard InChI is InChI=1S/C16H13BrClF3N2O2S/c1-2-25-15-11(17)5-10(18)6-12(15)23-13(24)8-26-14-4-3-9(7-22-14)16(19,20)21/h3-7H,2,8H2,1H3,(H,23,24). The van der Waals surface area contributed by atoms with Gasteiger partial charge >= 0.3 is 6.18 Å². The molecule has 0 atom stereocenters. The number of rotatable bonds is 6. The number of ether oxygens (including phenoxy) is 1. The summed E-state index contributed by atoms with van der Waals surface area (Å²) in [4.78, 5) is 15.8. The maximum atomic E-state index is 12.5. The molecule has 4 nitrogen and oxygen atoms in total. The fourth-order valence-corrected chi connectivity index (χ4v) is 3.47. The maximum absolute atomic E-state index is 12.5. The highest BCUT2D eigenvalue weighted by molar-refractivity contribution is 9.10. The molecule has 0 spiro atoms. The third-order valence-corrected chi connectivity index (χ3v) is 4.74. The molecule has 0 aliphatic rings. The van der Waals surface area contributed by atoms with Gasteiger partial charge in [0.15, 0.2) is 5.75 Å². The van der Waals surface area contributed by atoms with Gasteiger partial charge in [0.1, 0.15) is 0 Å². The SMILES string of the molecule is CCOc1c(Br)cc(Cl)cc1NC(=O)CSc1ccc(C(F)(F)F)cn1. The van der Waals surface area contributed by atoms with E-state index >= 15 is 0 Å². The number of anilines is 1. The monoisotopic (exact) mass is 468 g/mol. The van der Waals surface area contributed by atoms with E-state index in [-0.39, 0.29) is 11.7 Å². The van der Waals surface area contributed by atoms with Gasteiger partial charge in [-0.25, -0.2) is 4.98 Å². The number of alkyl halides is 3. The molecule has 1 amide bonds. The lowest BCUT2D eigenvalue weighted by molar-refractivity contribution is -0.137. The van der Waals surface area contributed by atoms with Crippen LogP contribution in [0.2, 0.25) is 5.02 Å². The molecule has 0 bridgehead atoms. The van der Waals surface area contributed by atoms with Crippen molar-refractivity contribution in [3.05, 3.63) is 45.5 Å². The number of carbonyl (C=O) groups is 1. The summed E-state index contributed by atoms with van der Waals surface area (Å²) in [6.07, 6.45) is -3.70. The van der Waals surface area contributed by atoms with Crippen LogP contribution in [0.1, 0.15) is 12.5 Å². The Hall–Kier alpha value is -1.45. The van der Waals surface area contributed by atoms with Crippen molar-refractivity contribution in [1.82, 2.24) is 4.98 Å². The van der Waals surface area contributed by atoms with Gasteiger partial charge in [-0.3, -0.25) is 4.79 Å². The fourth-order valence-electron chi connectivity index (χ4n) is 1.90. The summed E-state index contributed by atoms with van der Waals surface area (Å²) in [6, 6.07) is 5.34. The van der Waals surface area contributed by atoms with E-state index in [1.807, 2.05) is 0 Å². The maximum Gasteiger partial charge on any atom is 0.417 e. The Labute approximate surface area is 165 Å². The Morgan fingerprint density at radius 2 is 2.12 bits per heavy atom. The molecule has 0 unspecified atom stereocenters. The number of hydrogen-bond donors (Lipinski definition) is 1. The van der Waals surface area contributed by atoms with E-state index in [0.717, 1.165) is 24.0 Å². The highest BCUT2D eigenvalue weighted by atomic mass is 79.9. The van der Waals surface area contributed by atoms with Crippen LogP contribution in [-0.2, 0) is 11.0 Å². The highest BCUT2D eigenvalue weighted by Crippen LogP contribution is 2.37. The van der Waals surface area contributed by atoms with E-state index in [0.29, 0.717) is 32.6 Å². The molecule has 140 valence electrons. The third-order valence-electron chi connectivity index (χ3n) is 2.99. The van der Waals surface area contributed by atoms with Crippen LogP contribution in [0.3, 0.4) is 0 Å². The molecule has 26 heavy (non-hydrogen) atoms. The first-order valence-electron chi connectivity index (χ1n) is 7.28. The van der Waals surface area contributed by atoms with Crippen LogP contribution in [0.4, 0.5) is 18.9 Å². The van der Waals surface area contributed by atoms with Crippen molar-refractivity contribution >= 4 is 50.9 Å². The molecule has 1 N–H and O–H groups in total. The first-order chi connectivity index (χ1) is 12.2. The molecule has 1 heterocycles. The van der Waals surface area contributed by atoms with Gasteiger partial charge in [0.2, 0.25) is 5.91 Å². The number of pyridine rings is 1. The van der Waals surface area contributed by atoms with E-state index < -0.39 is 11.7 Å². The number of aromatic nitrogens is 1. The summed E-state index contributed by atoms with van der Waals surface area (Å²) >= 11 is 10.3. The average molecular weight is 470 g/mol. The second-order valence-electron chi connectivity index (χ2n) is 4.92. The average Bonchev–Trinajstić information content (AvgIpc) is 2.55. The zero-order chi connectivity index (χ0) is 19.3. The summed E-state index contributed by atoms with van der Waals surface area (Å²) in [5.41, 5.74) is -0.436. The Balaban J connectivity index is 2.01. The van der Waals surface area contributed by atoms with Gasteiger partial charge in [0.05, 0.1) is 33.1 Å². The zero-order valence-corrected chi connectivity index (χ0v) is 16.5. The molecule has 1 aromatic carbocycles. The van der Waals surface area contributed by atoms with Crippen molar-refractivity contribution in [3.8, 4) is 5.75 Å². The molecule has 2 aromatic rings. The number of halogens is 5. The minimum atomic E-state index is -4.44. The minimum absolute atomic E-state index is 0.0337. The summed E-state index contributed by atoms with van der Waals surface area (Å²) in [5, 5.41) is 3.40. The number of carbonyl (C=O) groups excluding carboxylic acids is 1. The largest absolute Gasteiger partial charge is 0.491 e. The van der Waals surface area contributed by atoms with E-state index in [2.05, 4.69) is 26.2 Å². The Morgan fingerprint density at radius 1 is 1.38 bits per heavy atom. The second kappa shape index (κ2) is 8.96. The van der Waals surface area contributed by atoms with Crippen LogP contribution < -0.4 is 10.1 Å². The smallest absolute Gasteiger partial charge is 0.417 e. The quantitative estimate of drug-likeness (QED) is 0.556. The van der Waals surface area contributed by atoms with E-state index in [1.165, 1.54) is 6.07 Å². The van der Waals surface area contributed by atoms with Crippen LogP contribution in [-0.4, -0.2) is 23.3 Å². The lowest BCUT2D eigenvalue weighted by atomic mass is 10.3. The summed E-state index contributed by atoms with van der Waals surface area (Å²) in [5.74, 6) is 0.0448. The van der Waals surface area contributed by atoms with E-state index in [9.17, 15) is 18.0 Å². The van der Waals surface area contributed by atoms with Gasteiger partial charge in [-0.2, -0.15) is 13.2 Å². The predicted octanol–water partition coefficient (Wildman–Crippen LogP) is 5.65. The lowest BCUT2D eigenvalue weighted by Gasteiger charge is -2.14. The van der Waals surface area contributed by atoms with Gasteiger partial charge < -0.3 is 10.1 Å². The summed E-state index contributed by atoms with van der Waals surface area (Å²) in [6.45, 7) is 2.20. The third kappa shape index (κ3) is 5.78. The van der Waals surface area contributed by atoms with Gasteiger partial charge in [0, 0.05) is 11.2 Å². The molecular weight excluding hydrogens is 457 g/mol. The number of thioether (sulfide) groups is 1. The predicted molar refractivity (Wildman–Crippen MR) is 98.9 cm³/mol. The normalized spacial score (nSPS) is 11.3. The van der Waals surface area contributed by atoms with Crippen LogP contribution in [0.25, 0.3) is 0 Å². The van der Waals surface area contributed by atoms with Gasteiger partial charge in [-0.15, -0.1) is 0 Å². The van der Waals surface area contributed by atoms with Crippen molar-refractivity contribution in [2.75, 3.05) is 17.7 Å². The molecule has 10 heteroatoms. The number of nitrogens with zero attached hydrogens (tertiary/aromatic N) is 1. The minimum Gasteiger partial charge on any atom is -0.491 e. The van der Waals surface area contributed by atoms with Crippen molar-refractivity contribution in [2.24, 2.45) is 0 Å². The molecule has 0 fully saturated rings. The summed E-state index contributed by atoms with van der Waals surface area (Å²) in [7, 11) is 0. The van der Waals surface area contributed by atoms with E-state index in [4.69, 9.17) is 16.3 Å². The fraction of sp³-hybridized carbons (Fsp3) is 0.250. The molecule has 0 aliphatic carbocycles. The van der Waals surface area contributed by atoms with Crippen LogP contribution in [0, 0.1) is 0 Å². The molecule has 0 radical (unpaired) electrons. The Bertz CT molecular complexity index is 788. The lowest BCUT2D eigenvalue weighted by Crippen LogP contribution is -2.15. The number of amides is 1. The van der Waals surface area contributed by atoms with Crippen molar-refractivity contribution in [3.63, 3.8) is 0 Å². The van der Waals surface area contributed by atoms with Crippen LogP contribution >= 0.6 is 39.3 Å². The zero-order valence-electron chi connectivity index (χ0n) is 13.4. The number of nitrogens with one attached hydrogen (secondary N) is 1. The summed E-state index contributed by atoms with van der Waals surface area (Å²) < 4.78 is 43.6. The number of hydrogen-bond acceptors (Lipinski definition) is 4. The Morgan fingerprint density at radius 3 is 2.69 bits per heavy atom. The van der Waals surface area contributed by atoms with Gasteiger partial charge in [-0.1, -0.05) is 23.4 Å². The molecule has 0 saturated heterocycles. The highest BCUT2D eigenvalue weighted by Gasteiger charge is 2.30. The molecular formula is C16H13BrClF3N2O2S. The van der Waals surface area contributed by atoms with E-state index in [1.54, 1.807) is 19.1 Å². The molecule has 0 saturated carbocycles. The molecule has 2 rings (SSSR count). The molecule has 0 aliphatic heterocycles. The van der Waals surface area contributed by atoms with Gasteiger partial charge in [0.25, 0.3) is 0 Å². The van der Waals surface area contributed by atoms with Crippen molar-refractivity contribution in [2.45, 2.75) is 18.1 Å². The van der Waals surface area contributed by atoms with Crippen molar-refractivity contribution in [1.29, 1.82) is 0 Å². The second-order valence-corrected chi connectivity index (χ2v) is 7.20. The van der Waals surface area contributed by atoms with Crippen LogP contribution in [0.15, 0.2) is 40.0 Å². The first kappa shape index (κ1) is 20.9. The van der Waals surface area contributed by atoms with Crippen molar-refractivity contribution < 1.29 is 22.7 Å². The topological polar surface area (TPSA) is 51.2 Å². The van der Waals surface area contributed by atoms with Crippen LogP contribution in [0.5, 0.6) is 5.75 Å². The Kier molecular flexibility index (Phi) is 7.19.